The maximum atomic E-state index is 13.2. The number of hydrogen-bond acceptors (Lipinski definition) is 8. The van der Waals surface area contributed by atoms with E-state index in [0.29, 0.717) is 18.4 Å². The molecule has 1 fully saturated rings. The Labute approximate surface area is 218 Å². The van der Waals surface area contributed by atoms with Gasteiger partial charge < -0.3 is 42.9 Å². The van der Waals surface area contributed by atoms with E-state index in [2.05, 4.69) is 10.6 Å². The molecule has 2 rings (SSSR count). The monoisotopic (exact) mass is 534 g/mol. The summed E-state index contributed by atoms with van der Waals surface area (Å²) in [6.07, 6.45) is 0.170. The minimum absolute atomic E-state index is 0.0102. The van der Waals surface area contributed by atoms with Crippen LogP contribution < -0.4 is 27.8 Å². The maximum absolute atomic E-state index is 13.2. The average Bonchev–Trinajstić information content (AvgIpc) is 3.35. The van der Waals surface area contributed by atoms with Gasteiger partial charge in [0.2, 0.25) is 29.5 Å². The third kappa shape index (κ3) is 9.03. The SMILES string of the molecule is NC(=O)CCC(N)C(=O)N1CCCC1C(=O)NC(Cc1ccc(O)cc1)C(=O)NC(CCC(N)=O)C(=O)O. The number of carbonyl (C=O) groups excluding carboxylic acids is 5. The Morgan fingerprint density at radius 1 is 0.947 bits per heavy atom. The fourth-order valence-electron chi connectivity index (χ4n) is 4.10. The van der Waals surface area contributed by atoms with Gasteiger partial charge in [-0.3, -0.25) is 24.0 Å². The van der Waals surface area contributed by atoms with Crippen molar-refractivity contribution in [2.45, 2.75) is 69.1 Å². The second kappa shape index (κ2) is 13.9. The number of phenolic OH excluding ortho intramolecular Hbond substituents is 1. The van der Waals surface area contributed by atoms with E-state index in [-0.39, 0.29) is 44.4 Å². The molecule has 5 amide bonds. The standard InChI is InChI=1S/C24H34N6O8/c25-15(7-9-19(26)32)23(36)30-11-1-2-18(30)22(35)29-17(12-13-3-5-14(31)6-4-13)21(34)28-16(24(37)38)8-10-20(27)33/h3-6,15-18,31H,1-2,7-12,25H2,(H2,26,32)(H2,27,33)(H,28,34)(H,29,35)(H,37,38). The number of rotatable bonds is 14. The lowest BCUT2D eigenvalue weighted by Gasteiger charge is -2.28. The molecule has 0 spiro atoms. The molecular weight excluding hydrogens is 500 g/mol. The summed E-state index contributed by atoms with van der Waals surface area (Å²) >= 11 is 0. The van der Waals surface area contributed by atoms with Crippen molar-refractivity contribution in [1.82, 2.24) is 15.5 Å². The van der Waals surface area contributed by atoms with Gasteiger partial charge in [-0.25, -0.2) is 4.79 Å². The summed E-state index contributed by atoms with van der Waals surface area (Å²) in [5, 5.41) is 23.9. The van der Waals surface area contributed by atoms with Crippen LogP contribution in [-0.4, -0.2) is 81.3 Å². The van der Waals surface area contributed by atoms with Crippen LogP contribution in [0.1, 0.15) is 44.1 Å². The summed E-state index contributed by atoms with van der Waals surface area (Å²) in [7, 11) is 0. The van der Waals surface area contributed by atoms with Crippen molar-refractivity contribution < 1.29 is 39.0 Å². The molecule has 0 radical (unpaired) electrons. The van der Waals surface area contributed by atoms with Gasteiger partial charge in [0.05, 0.1) is 6.04 Å². The number of aliphatic carboxylic acids is 1. The van der Waals surface area contributed by atoms with E-state index >= 15 is 0 Å². The Hall–Kier alpha value is -4.20. The van der Waals surface area contributed by atoms with Gasteiger partial charge in [-0.15, -0.1) is 0 Å². The first-order chi connectivity index (χ1) is 17.9. The Morgan fingerprint density at radius 3 is 2.13 bits per heavy atom. The summed E-state index contributed by atoms with van der Waals surface area (Å²) in [5.74, 6) is -4.73. The van der Waals surface area contributed by atoms with E-state index in [9.17, 15) is 39.0 Å². The van der Waals surface area contributed by atoms with Crippen molar-refractivity contribution in [1.29, 1.82) is 0 Å². The molecule has 0 aromatic heterocycles. The highest BCUT2D eigenvalue weighted by Gasteiger charge is 2.38. The van der Waals surface area contributed by atoms with Gasteiger partial charge in [0, 0.05) is 25.8 Å². The summed E-state index contributed by atoms with van der Waals surface area (Å²) in [6.45, 7) is 0.254. The molecule has 1 aromatic carbocycles. The van der Waals surface area contributed by atoms with Crippen LogP contribution in [0.4, 0.5) is 0 Å². The number of nitrogens with two attached hydrogens (primary N) is 3. The normalized spacial score (nSPS) is 17.2. The van der Waals surface area contributed by atoms with E-state index in [0.717, 1.165) is 0 Å². The molecule has 1 heterocycles. The highest BCUT2D eigenvalue weighted by atomic mass is 16.4. The smallest absolute Gasteiger partial charge is 0.326 e. The lowest BCUT2D eigenvalue weighted by molar-refractivity contribution is -0.143. The molecule has 14 nitrogen and oxygen atoms in total. The molecule has 1 aliphatic rings. The number of carbonyl (C=O) groups is 6. The van der Waals surface area contributed by atoms with Gasteiger partial charge in [-0.2, -0.15) is 0 Å². The molecule has 14 heteroatoms. The second-order valence-electron chi connectivity index (χ2n) is 9.14. The number of nitrogens with zero attached hydrogens (tertiary/aromatic N) is 1. The third-order valence-electron chi connectivity index (χ3n) is 6.16. The molecule has 1 saturated heterocycles. The Morgan fingerprint density at radius 2 is 1.55 bits per heavy atom. The van der Waals surface area contributed by atoms with Crippen LogP contribution in [0.5, 0.6) is 5.75 Å². The van der Waals surface area contributed by atoms with Gasteiger partial charge in [-0.1, -0.05) is 12.1 Å². The molecule has 0 aliphatic carbocycles. The number of hydrogen-bond donors (Lipinski definition) is 7. The Kier molecular flexibility index (Phi) is 11.0. The molecule has 10 N–H and O–H groups in total. The predicted molar refractivity (Wildman–Crippen MR) is 133 cm³/mol. The van der Waals surface area contributed by atoms with E-state index in [1.165, 1.54) is 29.2 Å². The number of carboxylic acid groups (broad SMARTS) is 1. The molecule has 0 saturated carbocycles. The first kappa shape index (κ1) is 30.0. The van der Waals surface area contributed by atoms with Crippen LogP contribution in [0.25, 0.3) is 0 Å². The molecule has 4 atom stereocenters. The molecule has 4 unspecified atom stereocenters. The number of primary amides is 2. The highest BCUT2D eigenvalue weighted by molar-refractivity contribution is 5.94. The fraction of sp³-hybridized carbons (Fsp3) is 0.500. The first-order valence-corrected chi connectivity index (χ1v) is 12.1. The average molecular weight is 535 g/mol. The maximum Gasteiger partial charge on any atom is 0.326 e. The zero-order valence-corrected chi connectivity index (χ0v) is 20.8. The summed E-state index contributed by atoms with van der Waals surface area (Å²) < 4.78 is 0. The minimum atomic E-state index is -1.43. The summed E-state index contributed by atoms with van der Waals surface area (Å²) in [4.78, 5) is 74.2. The van der Waals surface area contributed by atoms with Crippen molar-refractivity contribution in [2.75, 3.05) is 6.54 Å². The van der Waals surface area contributed by atoms with E-state index < -0.39 is 59.7 Å². The molecule has 208 valence electrons. The molecular formula is C24H34N6O8. The topological polar surface area (TPSA) is 248 Å². The van der Waals surface area contributed by atoms with Crippen molar-refractivity contribution in [3.63, 3.8) is 0 Å². The quantitative estimate of drug-likeness (QED) is 0.137. The summed E-state index contributed by atoms with van der Waals surface area (Å²) in [6, 6.07) is 1.22. The molecule has 1 aliphatic heterocycles. The van der Waals surface area contributed by atoms with Crippen LogP contribution >= 0.6 is 0 Å². The van der Waals surface area contributed by atoms with Gasteiger partial charge in [0.15, 0.2) is 0 Å². The lowest BCUT2D eigenvalue weighted by Crippen LogP contribution is -2.57. The van der Waals surface area contributed by atoms with E-state index in [1.54, 1.807) is 0 Å². The Balaban J connectivity index is 2.19. The number of likely N-dealkylation sites (tertiary alicyclic amines) is 1. The van der Waals surface area contributed by atoms with Crippen LogP contribution in [0.2, 0.25) is 0 Å². The molecule has 38 heavy (non-hydrogen) atoms. The van der Waals surface area contributed by atoms with Gasteiger partial charge in [0.1, 0.15) is 23.9 Å². The van der Waals surface area contributed by atoms with E-state index in [4.69, 9.17) is 17.2 Å². The van der Waals surface area contributed by atoms with Gasteiger partial charge in [0.25, 0.3) is 0 Å². The number of carboxylic acids is 1. The third-order valence-corrected chi connectivity index (χ3v) is 6.16. The van der Waals surface area contributed by atoms with Crippen molar-refractivity contribution in [3.8, 4) is 5.75 Å². The van der Waals surface area contributed by atoms with Gasteiger partial charge >= 0.3 is 5.97 Å². The minimum Gasteiger partial charge on any atom is -0.508 e. The van der Waals surface area contributed by atoms with Crippen molar-refractivity contribution in [3.05, 3.63) is 29.8 Å². The molecule has 0 bridgehead atoms. The molecule has 1 aromatic rings. The zero-order valence-electron chi connectivity index (χ0n) is 20.8. The van der Waals surface area contributed by atoms with E-state index in [1.807, 2.05) is 0 Å². The van der Waals surface area contributed by atoms with Crippen molar-refractivity contribution in [2.24, 2.45) is 17.2 Å². The van der Waals surface area contributed by atoms with Crippen molar-refractivity contribution >= 4 is 35.5 Å². The summed E-state index contributed by atoms with van der Waals surface area (Å²) in [5.41, 5.74) is 16.7. The highest BCUT2D eigenvalue weighted by Crippen LogP contribution is 2.20. The lowest BCUT2D eigenvalue weighted by atomic mass is 10.0. The van der Waals surface area contributed by atoms with Crippen LogP contribution in [0.3, 0.4) is 0 Å². The zero-order chi connectivity index (χ0) is 28.4. The van der Waals surface area contributed by atoms with Crippen LogP contribution in [-0.2, 0) is 35.2 Å². The predicted octanol–water partition coefficient (Wildman–Crippen LogP) is -2.16. The number of nitrogens with one attached hydrogen (secondary N) is 2. The second-order valence-corrected chi connectivity index (χ2v) is 9.14. The Bertz CT molecular complexity index is 1050. The van der Waals surface area contributed by atoms with Crippen LogP contribution in [0, 0.1) is 0 Å². The number of amides is 5. The number of aromatic hydroxyl groups is 1. The van der Waals surface area contributed by atoms with Crippen LogP contribution in [0.15, 0.2) is 24.3 Å². The van der Waals surface area contributed by atoms with Gasteiger partial charge in [-0.05, 0) is 43.4 Å². The fourth-order valence-corrected chi connectivity index (χ4v) is 4.10. The number of benzene rings is 1. The number of phenols is 1. The first-order valence-electron chi connectivity index (χ1n) is 12.1. The largest absolute Gasteiger partial charge is 0.508 e.